The van der Waals surface area contributed by atoms with Crippen molar-refractivity contribution in [2.24, 2.45) is 16.5 Å². The number of carboxylic acids is 1. The van der Waals surface area contributed by atoms with Crippen LogP contribution in [0.3, 0.4) is 0 Å². The van der Waals surface area contributed by atoms with E-state index in [0.29, 0.717) is 12.8 Å². The molecule has 1 rings (SSSR count). The van der Waals surface area contributed by atoms with E-state index in [1.807, 2.05) is 0 Å². The van der Waals surface area contributed by atoms with Gasteiger partial charge in [0.1, 0.15) is 12.2 Å². The highest BCUT2D eigenvalue weighted by Crippen LogP contribution is 2.05. The molecule has 2 unspecified atom stereocenters. The lowest BCUT2D eigenvalue weighted by Gasteiger charge is -2.18. The minimum atomic E-state index is -0.986. The van der Waals surface area contributed by atoms with Crippen LogP contribution in [0.25, 0.3) is 0 Å². The van der Waals surface area contributed by atoms with Crippen LogP contribution in [0.2, 0.25) is 0 Å². The van der Waals surface area contributed by atoms with Gasteiger partial charge in [0.25, 0.3) is 0 Å². The molecule has 6 nitrogen and oxygen atoms in total. The van der Waals surface area contributed by atoms with Gasteiger partial charge >= 0.3 is 5.97 Å². The molecule has 80 valence electrons. The van der Waals surface area contributed by atoms with Gasteiger partial charge in [-0.15, -0.1) is 0 Å². The predicted molar refractivity (Wildman–Crippen MR) is 53.1 cm³/mol. The Balaban J connectivity index is 2.23. The van der Waals surface area contributed by atoms with E-state index < -0.39 is 12.0 Å². The van der Waals surface area contributed by atoms with Crippen molar-refractivity contribution in [2.75, 3.05) is 6.54 Å². The van der Waals surface area contributed by atoms with Crippen LogP contribution in [0.4, 0.5) is 0 Å². The highest BCUT2D eigenvalue weighted by molar-refractivity contribution is 5.72. The van der Waals surface area contributed by atoms with E-state index in [2.05, 4.69) is 10.3 Å². The maximum absolute atomic E-state index is 10.4. The Morgan fingerprint density at radius 1 is 1.64 bits per heavy atom. The van der Waals surface area contributed by atoms with Gasteiger partial charge in [-0.2, -0.15) is 0 Å². The number of hydrogen-bond acceptors (Lipinski definition) is 5. The highest BCUT2D eigenvalue weighted by Gasteiger charge is 2.20. The number of aliphatic imine (C=N–C) groups is 1. The third-order valence-corrected chi connectivity index (χ3v) is 2.22. The molecule has 6 heteroatoms. The zero-order valence-electron chi connectivity index (χ0n) is 7.89. The topological polar surface area (TPSA) is 114 Å². The van der Waals surface area contributed by atoms with E-state index >= 15 is 0 Å². The highest BCUT2D eigenvalue weighted by atomic mass is 16.4. The molecule has 6 N–H and O–H groups in total. The standard InChI is InChI=1S/C8H16N4O2/c9-5(7-11-3-4-12-7)1-2-6(10)8(13)14/h3,5-7,12H,1-2,4,9-10H2,(H,13,14)/t5?,6-,7?/m0/s1. The molecule has 0 spiro atoms. The van der Waals surface area contributed by atoms with Crippen molar-refractivity contribution in [2.45, 2.75) is 31.1 Å². The van der Waals surface area contributed by atoms with Crippen molar-refractivity contribution in [3.8, 4) is 0 Å². The summed E-state index contributed by atoms with van der Waals surface area (Å²) in [7, 11) is 0. The zero-order chi connectivity index (χ0) is 10.6. The first-order valence-corrected chi connectivity index (χ1v) is 4.60. The van der Waals surface area contributed by atoms with Crippen LogP contribution in [0, 0.1) is 0 Å². The Hall–Kier alpha value is -0.980. The van der Waals surface area contributed by atoms with E-state index in [0.717, 1.165) is 6.54 Å². The Bertz CT molecular complexity index is 231. The van der Waals surface area contributed by atoms with Crippen LogP contribution in [-0.2, 0) is 4.79 Å². The molecule has 0 aliphatic carbocycles. The molecule has 14 heavy (non-hydrogen) atoms. The van der Waals surface area contributed by atoms with Crippen LogP contribution >= 0.6 is 0 Å². The number of nitrogens with two attached hydrogens (primary N) is 2. The second kappa shape index (κ2) is 5.04. The Morgan fingerprint density at radius 2 is 2.36 bits per heavy atom. The second-order valence-electron chi connectivity index (χ2n) is 3.37. The number of nitrogens with zero attached hydrogens (tertiary/aromatic N) is 1. The van der Waals surface area contributed by atoms with Crippen LogP contribution in [0.15, 0.2) is 4.99 Å². The van der Waals surface area contributed by atoms with Crippen LogP contribution < -0.4 is 16.8 Å². The molecule has 0 saturated heterocycles. The number of nitrogens with one attached hydrogen (secondary N) is 1. The molecule has 0 radical (unpaired) electrons. The second-order valence-corrected chi connectivity index (χ2v) is 3.37. The molecule has 1 aliphatic rings. The lowest BCUT2D eigenvalue weighted by atomic mass is 10.1. The summed E-state index contributed by atoms with van der Waals surface area (Å²) in [5, 5.41) is 11.6. The van der Waals surface area contributed by atoms with Gasteiger partial charge in [-0.3, -0.25) is 15.1 Å². The van der Waals surface area contributed by atoms with Gasteiger partial charge in [0.15, 0.2) is 0 Å². The van der Waals surface area contributed by atoms with Gasteiger partial charge < -0.3 is 16.6 Å². The lowest BCUT2D eigenvalue weighted by molar-refractivity contribution is -0.138. The van der Waals surface area contributed by atoms with Crippen LogP contribution in [0.1, 0.15) is 12.8 Å². The van der Waals surface area contributed by atoms with E-state index in [4.69, 9.17) is 16.6 Å². The molecule has 1 heterocycles. The van der Waals surface area contributed by atoms with Crippen molar-refractivity contribution in [3.05, 3.63) is 0 Å². The molecule has 0 saturated carbocycles. The Labute approximate surface area is 82.4 Å². The monoisotopic (exact) mass is 200 g/mol. The van der Waals surface area contributed by atoms with Crippen LogP contribution in [0.5, 0.6) is 0 Å². The largest absolute Gasteiger partial charge is 0.480 e. The van der Waals surface area contributed by atoms with Gasteiger partial charge in [-0.1, -0.05) is 0 Å². The first kappa shape index (κ1) is 11.1. The fourth-order valence-corrected chi connectivity index (χ4v) is 1.31. The van der Waals surface area contributed by atoms with Crippen LogP contribution in [-0.4, -0.2) is 42.1 Å². The fourth-order valence-electron chi connectivity index (χ4n) is 1.31. The number of aliphatic carboxylic acids is 1. The number of rotatable bonds is 5. The molecule has 0 fully saturated rings. The van der Waals surface area contributed by atoms with Gasteiger partial charge in [0.05, 0.1) is 0 Å². The third kappa shape index (κ3) is 3.06. The Morgan fingerprint density at radius 3 is 2.86 bits per heavy atom. The van der Waals surface area contributed by atoms with Crippen molar-refractivity contribution in [1.82, 2.24) is 5.32 Å². The SMILES string of the molecule is NC(CC[C@H](N)C(=O)O)C1N=CCN1. The summed E-state index contributed by atoms with van der Waals surface area (Å²) in [6.07, 6.45) is 2.62. The average molecular weight is 200 g/mol. The summed E-state index contributed by atoms with van der Waals surface area (Å²) in [6.45, 7) is 0.726. The van der Waals surface area contributed by atoms with Gasteiger partial charge in [-0.25, -0.2) is 0 Å². The molecule has 1 aliphatic heterocycles. The van der Waals surface area contributed by atoms with Crippen molar-refractivity contribution < 1.29 is 9.90 Å². The summed E-state index contributed by atoms with van der Waals surface area (Å²) in [5.41, 5.74) is 11.2. The first-order chi connectivity index (χ1) is 6.61. The molecule has 0 amide bonds. The smallest absolute Gasteiger partial charge is 0.320 e. The molecule has 0 aromatic heterocycles. The maximum Gasteiger partial charge on any atom is 0.320 e. The van der Waals surface area contributed by atoms with E-state index in [1.54, 1.807) is 6.21 Å². The van der Waals surface area contributed by atoms with Gasteiger partial charge in [-0.05, 0) is 12.8 Å². The average Bonchev–Trinajstić information content (AvgIpc) is 2.66. The van der Waals surface area contributed by atoms with E-state index in [9.17, 15) is 4.79 Å². The predicted octanol–water partition coefficient (Wildman–Crippen LogP) is -1.49. The first-order valence-electron chi connectivity index (χ1n) is 4.60. The molecule has 0 bridgehead atoms. The molecule has 0 aromatic carbocycles. The quantitative estimate of drug-likeness (QED) is 0.431. The fraction of sp³-hybridized carbons (Fsp3) is 0.750. The summed E-state index contributed by atoms with van der Waals surface area (Å²) in [4.78, 5) is 14.5. The van der Waals surface area contributed by atoms with Gasteiger partial charge in [0.2, 0.25) is 0 Å². The Kier molecular flexibility index (Phi) is 3.99. The minimum Gasteiger partial charge on any atom is -0.480 e. The third-order valence-electron chi connectivity index (χ3n) is 2.22. The summed E-state index contributed by atoms with van der Waals surface area (Å²) in [5.74, 6) is -0.986. The van der Waals surface area contributed by atoms with E-state index in [1.165, 1.54) is 0 Å². The zero-order valence-corrected chi connectivity index (χ0v) is 7.89. The normalized spacial score (nSPS) is 24.9. The van der Waals surface area contributed by atoms with Crippen molar-refractivity contribution >= 4 is 12.2 Å². The molecular formula is C8H16N4O2. The van der Waals surface area contributed by atoms with Crippen molar-refractivity contribution in [1.29, 1.82) is 0 Å². The molecule has 3 atom stereocenters. The summed E-state index contributed by atoms with van der Waals surface area (Å²) >= 11 is 0. The minimum absolute atomic E-state index is 0.0870. The van der Waals surface area contributed by atoms with Crippen molar-refractivity contribution in [3.63, 3.8) is 0 Å². The molecule has 0 aromatic rings. The summed E-state index contributed by atoms with van der Waals surface area (Å²) in [6, 6.07) is -0.995. The van der Waals surface area contributed by atoms with Gasteiger partial charge in [0, 0.05) is 18.8 Å². The number of hydrogen-bond donors (Lipinski definition) is 4. The summed E-state index contributed by atoms with van der Waals surface area (Å²) < 4.78 is 0. The molecular weight excluding hydrogens is 184 g/mol. The number of carboxylic acid groups (broad SMARTS) is 1. The lowest BCUT2D eigenvalue weighted by Crippen LogP contribution is -2.42. The maximum atomic E-state index is 10.4. The van der Waals surface area contributed by atoms with E-state index in [-0.39, 0.29) is 12.2 Å². The number of carbonyl (C=O) groups is 1.